The smallest absolute Gasteiger partial charge is 0.251 e. The number of hydrogen-bond acceptors (Lipinski definition) is 1. The molecule has 1 heterocycles. The molecule has 13 heavy (non-hydrogen) atoms. The molecule has 1 nitrogen and oxygen atoms in total. The van der Waals surface area contributed by atoms with Crippen LogP contribution < -0.4 is 0 Å². The van der Waals surface area contributed by atoms with Gasteiger partial charge in [-0.05, 0) is 24.7 Å². The van der Waals surface area contributed by atoms with E-state index >= 15 is 0 Å². The van der Waals surface area contributed by atoms with Crippen molar-refractivity contribution in [3.63, 3.8) is 0 Å². The lowest BCUT2D eigenvalue weighted by atomic mass is 9.82. The van der Waals surface area contributed by atoms with E-state index < -0.39 is 6.43 Å². The van der Waals surface area contributed by atoms with Crippen LogP contribution in [0.1, 0.15) is 25.7 Å². The third-order valence-corrected chi connectivity index (χ3v) is 3.45. The fourth-order valence-corrected chi connectivity index (χ4v) is 2.85. The highest BCUT2D eigenvalue weighted by Gasteiger charge is 2.34. The van der Waals surface area contributed by atoms with Crippen LogP contribution in [-0.2, 0) is 0 Å². The van der Waals surface area contributed by atoms with Gasteiger partial charge in [0.05, 0.1) is 6.54 Å². The first kappa shape index (κ1) is 9.38. The third kappa shape index (κ3) is 2.19. The summed E-state index contributed by atoms with van der Waals surface area (Å²) < 4.78 is 24.2. The van der Waals surface area contributed by atoms with E-state index in [9.17, 15) is 8.78 Å². The molecule has 76 valence electrons. The number of alkyl halides is 2. The van der Waals surface area contributed by atoms with E-state index in [0.29, 0.717) is 0 Å². The van der Waals surface area contributed by atoms with Crippen LogP contribution >= 0.6 is 0 Å². The highest BCUT2D eigenvalue weighted by atomic mass is 19.3. The Kier molecular flexibility index (Phi) is 2.82. The third-order valence-electron chi connectivity index (χ3n) is 3.45. The van der Waals surface area contributed by atoms with Crippen molar-refractivity contribution in [1.82, 2.24) is 4.90 Å². The lowest BCUT2D eigenvalue weighted by molar-refractivity contribution is 0.0970. The average Bonchev–Trinajstić information content (AvgIpc) is 2.44. The van der Waals surface area contributed by atoms with Gasteiger partial charge in [-0.1, -0.05) is 12.8 Å². The maximum absolute atomic E-state index is 12.1. The molecule has 1 saturated carbocycles. The zero-order valence-corrected chi connectivity index (χ0v) is 7.88. The van der Waals surface area contributed by atoms with Gasteiger partial charge in [-0.3, -0.25) is 4.90 Å². The minimum atomic E-state index is -2.15. The summed E-state index contributed by atoms with van der Waals surface area (Å²) in [5, 5.41) is 0. The molecule has 1 aliphatic heterocycles. The van der Waals surface area contributed by atoms with Gasteiger partial charge in [0.15, 0.2) is 0 Å². The number of hydrogen-bond donors (Lipinski definition) is 0. The van der Waals surface area contributed by atoms with Crippen molar-refractivity contribution in [3.05, 3.63) is 0 Å². The van der Waals surface area contributed by atoms with Gasteiger partial charge < -0.3 is 0 Å². The van der Waals surface area contributed by atoms with E-state index in [-0.39, 0.29) is 6.54 Å². The van der Waals surface area contributed by atoms with E-state index in [1.54, 1.807) is 0 Å². The molecule has 2 rings (SSSR count). The minimum Gasteiger partial charge on any atom is -0.297 e. The van der Waals surface area contributed by atoms with Crippen molar-refractivity contribution >= 4 is 0 Å². The predicted molar refractivity (Wildman–Crippen MR) is 47.9 cm³/mol. The lowest BCUT2D eigenvalue weighted by Gasteiger charge is -2.23. The van der Waals surface area contributed by atoms with Crippen LogP contribution in [0.25, 0.3) is 0 Å². The molecule has 0 aromatic carbocycles. The molecule has 2 fully saturated rings. The molecule has 0 bridgehead atoms. The predicted octanol–water partition coefficient (Wildman–Crippen LogP) is 2.37. The van der Waals surface area contributed by atoms with Gasteiger partial charge in [-0.25, -0.2) is 8.78 Å². The van der Waals surface area contributed by atoms with Crippen LogP contribution in [0.15, 0.2) is 0 Å². The second-order valence-corrected chi connectivity index (χ2v) is 4.41. The number of halogens is 2. The maximum atomic E-state index is 12.1. The van der Waals surface area contributed by atoms with Gasteiger partial charge >= 0.3 is 0 Å². The van der Waals surface area contributed by atoms with Crippen LogP contribution in [0.4, 0.5) is 8.78 Å². The first-order valence-electron chi connectivity index (χ1n) is 5.26. The van der Waals surface area contributed by atoms with E-state index in [4.69, 9.17) is 0 Å². The van der Waals surface area contributed by atoms with Gasteiger partial charge in [0.1, 0.15) is 0 Å². The Balaban J connectivity index is 1.84. The minimum absolute atomic E-state index is 0.00694. The zero-order valence-electron chi connectivity index (χ0n) is 7.88. The second-order valence-electron chi connectivity index (χ2n) is 4.41. The van der Waals surface area contributed by atoms with Gasteiger partial charge in [0, 0.05) is 13.1 Å². The molecule has 2 atom stereocenters. The molecular formula is C10H17F2N. The van der Waals surface area contributed by atoms with E-state index in [1.165, 1.54) is 25.7 Å². The molecule has 0 radical (unpaired) electrons. The normalized spacial score (nSPS) is 35.3. The Morgan fingerprint density at radius 2 is 1.62 bits per heavy atom. The quantitative estimate of drug-likeness (QED) is 0.644. The molecule has 0 aromatic rings. The molecule has 1 aliphatic carbocycles. The summed E-state index contributed by atoms with van der Waals surface area (Å²) in [6.07, 6.45) is 3.00. The summed E-state index contributed by atoms with van der Waals surface area (Å²) in [6.45, 7) is 1.84. The Morgan fingerprint density at radius 1 is 1.08 bits per heavy atom. The molecule has 3 heteroatoms. The molecular weight excluding hydrogens is 172 g/mol. The van der Waals surface area contributed by atoms with Crippen LogP contribution in [0.5, 0.6) is 0 Å². The summed E-state index contributed by atoms with van der Waals surface area (Å²) in [6, 6.07) is 0. The fourth-order valence-electron chi connectivity index (χ4n) is 2.85. The first-order valence-corrected chi connectivity index (χ1v) is 5.26. The van der Waals surface area contributed by atoms with Crippen LogP contribution in [0.3, 0.4) is 0 Å². The largest absolute Gasteiger partial charge is 0.297 e. The molecule has 2 aliphatic rings. The van der Waals surface area contributed by atoms with Crippen LogP contribution in [0.2, 0.25) is 0 Å². The Hall–Kier alpha value is -0.180. The van der Waals surface area contributed by atoms with E-state index in [1.807, 2.05) is 4.90 Å². The van der Waals surface area contributed by atoms with Crippen molar-refractivity contribution in [1.29, 1.82) is 0 Å². The van der Waals surface area contributed by atoms with E-state index in [2.05, 4.69) is 0 Å². The molecule has 0 amide bonds. The number of nitrogens with zero attached hydrogens (tertiary/aromatic N) is 1. The second kappa shape index (κ2) is 3.91. The van der Waals surface area contributed by atoms with Gasteiger partial charge in [-0.15, -0.1) is 0 Å². The first-order chi connectivity index (χ1) is 6.25. The summed E-state index contributed by atoms with van der Waals surface area (Å²) in [5.41, 5.74) is 0. The average molecular weight is 189 g/mol. The van der Waals surface area contributed by atoms with Crippen molar-refractivity contribution < 1.29 is 8.78 Å². The Bertz CT molecular complexity index is 158. The molecule has 0 aromatic heterocycles. The summed E-state index contributed by atoms with van der Waals surface area (Å²) >= 11 is 0. The highest BCUT2D eigenvalue weighted by molar-refractivity contribution is 4.86. The highest BCUT2D eigenvalue weighted by Crippen LogP contribution is 2.35. The van der Waals surface area contributed by atoms with Crippen molar-refractivity contribution in [3.8, 4) is 0 Å². The number of fused-ring (bicyclic) bond motifs is 1. The van der Waals surface area contributed by atoms with Crippen LogP contribution in [0, 0.1) is 11.8 Å². The maximum Gasteiger partial charge on any atom is 0.251 e. The summed E-state index contributed by atoms with van der Waals surface area (Å²) in [7, 11) is 0. The molecule has 2 unspecified atom stereocenters. The van der Waals surface area contributed by atoms with Crippen LogP contribution in [-0.4, -0.2) is 31.0 Å². The Morgan fingerprint density at radius 3 is 2.08 bits per heavy atom. The summed E-state index contributed by atoms with van der Waals surface area (Å²) in [4.78, 5) is 1.95. The SMILES string of the molecule is FC(F)CN1CC2CCCCC2C1. The Labute approximate surface area is 78.1 Å². The fraction of sp³-hybridized carbons (Fsp3) is 1.00. The van der Waals surface area contributed by atoms with Crippen molar-refractivity contribution in [2.75, 3.05) is 19.6 Å². The molecule has 0 N–H and O–H groups in total. The number of likely N-dealkylation sites (tertiary alicyclic amines) is 1. The standard InChI is InChI=1S/C10H17F2N/c11-10(12)7-13-5-8-3-1-2-4-9(8)6-13/h8-10H,1-7H2. The monoisotopic (exact) mass is 189 g/mol. The molecule has 0 spiro atoms. The van der Waals surface area contributed by atoms with E-state index in [0.717, 1.165) is 24.9 Å². The zero-order chi connectivity index (χ0) is 9.26. The number of rotatable bonds is 2. The topological polar surface area (TPSA) is 3.24 Å². The van der Waals surface area contributed by atoms with Gasteiger partial charge in [0.2, 0.25) is 0 Å². The van der Waals surface area contributed by atoms with Crippen molar-refractivity contribution in [2.24, 2.45) is 11.8 Å². The molecule has 1 saturated heterocycles. The lowest BCUT2D eigenvalue weighted by Crippen LogP contribution is -2.26. The summed E-state index contributed by atoms with van der Waals surface area (Å²) in [5.74, 6) is 1.46. The van der Waals surface area contributed by atoms with Gasteiger partial charge in [0.25, 0.3) is 6.43 Å². The van der Waals surface area contributed by atoms with Crippen molar-refractivity contribution in [2.45, 2.75) is 32.1 Å². The van der Waals surface area contributed by atoms with Gasteiger partial charge in [-0.2, -0.15) is 0 Å².